The first kappa shape index (κ1) is 17.5. The van der Waals surface area contributed by atoms with Crippen molar-refractivity contribution in [3.05, 3.63) is 65.7 Å². The number of fused-ring (bicyclic) bond motifs is 1. The highest BCUT2D eigenvalue weighted by Crippen LogP contribution is 2.41. The molecule has 0 spiro atoms. The molecule has 0 aromatic heterocycles. The van der Waals surface area contributed by atoms with E-state index in [1.54, 1.807) is 0 Å². The molecule has 0 bridgehead atoms. The second-order valence-corrected chi connectivity index (χ2v) is 7.56. The normalized spacial score (nSPS) is 15.9. The van der Waals surface area contributed by atoms with Crippen molar-refractivity contribution < 1.29 is 4.74 Å². The van der Waals surface area contributed by atoms with Crippen LogP contribution in [-0.2, 0) is 4.74 Å². The third-order valence-electron chi connectivity index (χ3n) is 4.39. The van der Waals surface area contributed by atoms with Gasteiger partial charge >= 0.3 is 0 Å². The van der Waals surface area contributed by atoms with E-state index in [0.717, 1.165) is 42.2 Å². The minimum absolute atomic E-state index is 0.134. The molecule has 0 fully saturated rings. The van der Waals surface area contributed by atoms with E-state index in [-0.39, 0.29) is 5.41 Å². The predicted octanol–water partition coefficient (Wildman–Crippen LogP) is 6.85. The van der Waals surface area contributed by atoms with Crippen LogP contribution in [0.2, 0.25) is 0 Å². The van der Waals surface area contributed by atoms with Gasteiger partial charge in [-0.1, -0.05) is 76.6 Å². The fourth-order valence-corrected chi connectivity index (χ4v) is 2.97. The van der Waals surface area contributed by atoms with E-state index in [0.29, 0.717) is 0 Å². The lowest BCUT2D eigenvalue weighted by Crippen LogP contribution is -2.25. The molecule has 0 saturated heterocycles. The quantitative estimate of drug-likeness (QED) is 0.599. The maximum absolute atomic E-state index is 6.42. The molecule has 1 heterocycles. The van der Waals surface area contributed by atoms with Crippen molar-refractivity contribution in [2.24, 2.45) is 10.4 Å². The predicted molar refractivity (Wildman–Crippen MR) is 107 cm³/mol. The zero-order valence-corrected chi connectivity index (χ0v) is 15.7. The van der Waals surface area contributed by atoms with E-state index in [4.69, 9.17) is 9.73 Å². The van der Waals surface area contributed by atoms with Gasteiger partial charge in [0.25, 0.3) is 0 Å². The van der Waals surface area contributed by atoms with Gasteiger partial charge in [-0.05, 0) is 30.5 Å². The number of hydrogen-bond acceptors (Lipinski definition) is 2. The van der Waals surface area contributed by atoms with Crippen molar-refractivity contribution in [2.75, 3.05) is 0 Å². The minimum atomic E-state index is -0.134. The Bertz CT molecular complexity index is 794. The Morgan fingerprint density at radius 3 is 2.32 bits per heavy atom. The third-order valence-corrected chi connectivity index (χ3v) is 4.39. The summed E-state index contributed by atoms with van der Waals surface area (Å²) in [5.41, 5.74) is 4.46. The van der Waals surface area contributed by atoms with Crippen molar-refractivity contribution in [1.82, 2.24) is 0 Å². The summed E-state index contributed by atoms with van der Waals surface area (Å²) in [6.45, 7) is 8.66. The molecule has 0 amide bonds. The second-order valence-electron chi connectivity index (χ2n) is 7.56. The van der Waals surface area contributed by atoms with Crippen LogP contribution >= 0.6 is 0 Å². The first-order valence-electron chi connectivity index (χ1n) is 9.15. The Kier molecular flexibility index (Phi) is 5.08. The van der Waals surface area contributed by atoms with Crippen LogP contribution in [-0.4, -0.2) is 5.90 Å². The van der Waals surface area contributed by atoms with Gasteiger partial charge in [-0.15, -0.1) is 0 Å². The standard InChI is InChI=1S/C23H27NO/c1-5-6-14-18(17-12-8-7-9-13-17)21-19-15-10-11-16-20(19)24-22(25-21)23(2,3)4/h7-13,15-16H,5-6,14H2,1-4H3/b21-18+. The molecule has 0 atom stereocenters. The highest BCUT2D eigenvalue weighted by Gasteiger charge is 2.29. The lowest BCUT2D eigenvalue weighted by molar-refractivity contribution is 0.402. The van der Waals surface area contributed by atoms with Crippen molar-refractivity contribution >= 4 is 22.9 Å². The topological polar surface area (TPSA) is 21.6 Å². The summed E-state index contributed by atoms with van der Waals surface area (Å²) < 4.78 is 6.42. The van der Waals surface area contributed by atoms with E-state index >= 15 is 0 Å². The molecule has 0 radical (unpaired) electrons. The van der Waals surface area contributed by atoms with Gasteiger partial charge < -0.3 is 4.74 Å². The van der Waals surface area contributed by atoms with Gasteiger partial charge in [-0.25, -0.2) is 4.99 Å². The molecule has 2 nitrogen and oxygen atoms in total. The maximum Gasteiger partial charge on any atom is 0.200 e. The van der Waals surface area contributed by atoms with E-state index in [9.17, 15) is 0 Å². The third kappa shape index (κ3) is 3.84. The lowest BCUT2D eigenvalue weighted by atomic mass is 9.92. The molecule has 1 aliphatic heterocycles. The molecule has 0 N–H and O–H groups in total. The van der Waals surface area contributed by atoms with Gasteiger partial charge in [0.05, 0.1) is 5.69 Å². The van der Waals surface area contributed by atoms with Crippen molar-refractivity contribution in [2.45, 2.75) is 47.0 Å². The summed E-state index contributed by atoms with van der Waals surface area (Å²) in [5.74, 6) is 1.75. The molecule has 130 valence electrons. The van der Waals surface area contributed by atoms with Gasteiger partial charge in [0.2, 0.25) is 5.90 Å². The van der Waals surface area contributed by atoms with Crippen LogP contribution in [0.1, 0.15) is 58.1 Å². The number of aliphatic imine (C=N–C) groups is 1. The van der Waals surface area contributed by atoms with Gasteiger partial charge in [0.15, 0.2) is 0 Å². The molecule has 0 aliphatic carbocycles. The molecular formula is C23H27NO. The number of benzene rings is 2. The number of para-hydroxylation sites is 1. The summed E-state index contributed by atoms with van der Waals surface area (Å²) >= 11 is 0. The van der Waals surface area contributed by atoms with Crippen molar-refractivity contribution in [3.8, 4) is 0 Å². The van der Waals surface area contributed by atoms with Crippen LogP contribution in [0.3, 0.4) is 0 Å². The molecule has 0 saturated carbocycles. The van der Waals surface area contributed by atoms with Crippen molar-refractivity contribution in [3.63, 3.8) is 0 Å². The monoisotopic (exact) mass is 333 g/mol. The molecule has 1 aliphatic rings. The Morgan fingerprint density at radius 2 is 1.64 bits per heavy atom. The van der Waals surface area contributed by atoms with Gasteiger partial charge in [0.1, 0.15) is 5.76 Å². The van der Waals surface area contributed by atoms with Crippen LogP contribution in [0, 0.1) is 5.41 Å². The molecule has 2 heteroatoms. The molecule has 3 rings (SSSR count). The molecule has 2 aromatic rings. The van der Waals surface area contributed by atoms with E-state index in [2.05, 4.69) is 76.2 Å². The SMILES string of the molecule is CCCC/C(=C1\OC(C(C)(C)C)=Nc2ccccc21)c1ccccc1. The zero-order valence-electron chi connectivity index (χ0n) is 15.7. The van der Waals surface area contributed by atoms with Crippen LogP contribution in [0.15, 0.2) is 59.6 Å². The van der Waals surface area contributed by atoms with Gasteiger partial charge in [-0.2, -0.15) is 0 Å². The highest BCUT2D eigenvalue weighted by molar-refractivity contribution is 6.01. The van der Waals surface area contributed by atoms with Crippen LogP contribution in [0.5, 0.6) is 0 Å². The second kappa shape index (κ2) is 7.26. The Morgan fingerprint density at radius 1 is 0.960 bits per heavy atom. The lowest BCUT2D eigenvalue weighted by Gasteiger charge is -2.29. The summed E-state index contributed by atoms with van der Waals surface area (Å²) in [4.78, 5) is 4.78. The number of ether oxygens (including phenoxy) is 1. The van der Waals surface area contributed by atoms with Crippen LogP contribution < -0.4 is 0 Å². The van der Waals surface area contributed by atoms with E-state index in [1.807, 2.05) is 6.07 Å². The minimum Gasteiger partial charge on any atom is -0.441 e. The van der Waals surface area contributed by atoms with Crippen molar-refractivity contribution in [1.29, 1.82) is 0 Å². The Labute approximate surface area is 151 Å². The first-order chi connectivity index (χ1) is 12.0. The molecule has 0 unspecified atom stereocenters. The highest BCUT2D eigenvalue weighted by atomic mass is 16.5. The smallest absolute Gasteiger partial charge is 0.200 e. The largest absolute Gasteiger partial charge is 0.441 e. The number of unbranched alkanes of at least 4 members (excludes halogenated alkanes) is 1. The molecule has 2 aromatic carbocycles. The fraction of sp³-hybridized carbons (Fsp3) is 0.348. The van der Waals surface area contributed by atoms with Gasteiger partial charge in [-0.3, -0.25) is 0 Å². The number of allylic oxidation sites excluding steroid dienone is 1. The zero-order chi connectivity index (χ0) is 17.9. The summed E-state index contributed by atoms with van der Waals surface area (Å²) in [7, 11) is 0. The summed E-state index contributed by atoms with van der Waals surface area (Å²) in [5, 5.41) is 0. The number of nitrogens with zero attached hydrogens (tertiary/aromatic N) is 1. The number of hydrogen-bond donors (Lipinski definition) is 0. The number of rotatable bonds is 4. The van der Waals surface area contributed by atoms with Crippen LogP contribution in [0.25, 0.3) is 11.3 Å². The van der Waals surface area contributed by atoms with Gasteiger partial charge in [0, 0.05) is 16.6 Å². The van der Waals surface area contributed by atoms with E-state index < -0.39 is 0 Å². The Hall–Kier alpha value is -2.35. The average molecular weight is 333 g/mol. The summed E-state index contributed by atoms with van der Waals surface area (Å²) in [6, 6.07) is 18.9. The maximum atomic E-state index is 6.42. The van der Waals surface area contributed by atoms with Crippen LogP contribution in [0.4, 0.5) is 5.69 Å². The average Bonchev–Trinajstić information content (AvgIpc) is 2.62. The fourth-order valence-electron chi connectivity index (χ4n) is 2.97. The summed E-state index contributed by atoms with van der Waals surface area (Å²) in [6.07, 6.45) is 3.30. The molecular weight excluding hydrogens is 306 g/mol. The first-order valence-corrected chi connectivity index (χ1v) is 9.15. The van der Waals surface area contributed by atoms with E-state index in [1.165, 1.54) is 11.1 Å². The molecule has 25 heavy (non-hydrogen) atoms. The Balaban J connectivity index is 2.20.